The van der Waals surface area contributed by atoms with Gasteiger partial charge in [0.2, 0.25) is 0 Å². The van der Waals surface area contributed by atoms with E-state index < -0.39 is 43.6 Å². The molecule has 0 radical (unpaired) electrons. The Labute approximate surface area is 213 Å². The van der Waals surface area contributed by atoms with Gasteiger partial charge < -0.3 is 33.9 Å². The summed E-state index contributed by atoms with van der Waals surface area (Å²) in [5.41, 5.74) is 2.90. The zero-order valence-corrected chi connectivity index (χ0v) is 21.1. The number of hydrogen-bond acceptors (Lipinski definition) is 7. The predicted octanol–water partition coefficient (Wildman–Crippen LogP) is 4.62. The summed E-state index contributed by atoms with van der Waals surface area (Å²) in [5, 5.41) is 20.5. The Bertz CT molecular complexity index is 945. The first-order chi connectivity index (χ1) is 17.6. The average Bonchev–Trinajstić information content (AvgIpc) is 2.92. The van der Waals surface area contributed by atoms with Gasteiger partial charge in [-0.25, -0.2) is 0 Å². The van der Waals surface area contributed by atoms with Crippen LogP contribution in [0.3, 0.4) is 0 Å². The fraction of sp³-hybridized carbons (Fsp3) is 0.517. The second-order valence-electron chi connectivity index (χ2n) is 9.32. The Kier molecular flexibility index (Phi) is 9.53. The molecule has 0 bridgehead atoms. The third kappa shape index (κ3) is 6.17. The minimum absolute atomic E-state index is 0.374. The lowest BCUT2D eigenvalue weighted by Gasteiger charge is -2.50. The minimum atomic E-state index is -1.14. The zero-order valence-electron chi connectivity index (χ0n) is 21.1. The molecule has 2 N–H and O–H groups in total. The van der Waals surface area contributed by atoms with Crippen LogP contribution < -0.4 is 4.74 Å². The van der Waals surface area contributed by atoms with Crippen molar-refractivity contribution in [2.75, 3.05) is 13.2 Å². The number of aliphatic hydroxyl groups is 2. The van der Waals surface area contributed by atoms with Crippen LogP contribution in [0, 0.1) is 0 Å². The van der Waals surface area contributed by atoms with E-state index in [9.17, 15) is 10.2 Å². The molecular weight excluding hydrogens is 460 g/mol. The van der Waals surface area contributed by atoms with E-state index in [2.05, 4.69) is 32.6 Å². The van der Waals surface area contributed by atoms with Crippen molar-refractivity contribution in [2.24, 2.45) is 0 Å². The zero-order chi connectivity index (χ0) is 25.5. The van der Waals surface area contributed by atoms with Crippen LogP contribution >= 0.6 is 0 Å². The van der Waals surface area contributed by atoms with Gasteiger partial charge in [0.05, 0.1) is 19.3 Å². The van der Waals surface area contributed by atoms with E-state index in [1.165, 1.54) is 5.56 Å². The number of benzene rings is 2. The lowest BCUT2D eigenvalue weighted by atomic mass is 9.93. The first-order valence-electron chi connectivity index (χ1n) is 12.9. The quantitative estimate of drug-likeness (QED) is 0.437. The van der Waals surface area contributed by atoms with E-state index in [-0.39, 0.29) is 6.10 Å². The fourth-order valence-corrected chi connectivity index (χ4v) is 4.68. The second kappa shape index (κ2) is 12.8. The number of aliphatic hydroxyl groups excluding tert-OH is 2. The highest BCUT2D eigenvalue weighted by molar-refractivity contribution is 5.28. The van der Waals surface area contributed by atoms with Crippen LogP contribution in [-0.4, -0.2) is 53.9 Å². The molecule has 36 heavy (non-hydrogen) atoms. The van der Waals surface area contributed by atoms with E-state index in [4.69, 9.17) is 23.7 Å². The number of rotatable bonds is 11. The van der Waals surface area contributed by atoms with Gasteiger partial charge in [-0.05, 0) is 37.0 Å². The van der Waals surface area contributed by atoms with Crippen molar-refractivity contribution < 1.29 is 33.9 Å². The Hall–Kier alpha value is -2.26. The van der Waals surface area contributed by atoms with Crippen molar-refractivity contribution >= 4 is 0 Å². The molecule has 4 rings (SSSR count). The maximum atomic E-state index is 10.7. The Morgan fingerprint density at radius 2 is 1.53 bits per heavy atom. The topological polar surface area (TPSA) is 86.6 Å². The van der Waals surface area contributed by atoms with Crippen LogP contribution in [-0.2, 0) is 25.4 Å². The summed E-state index contributed by atoms with van der Waals surface area (Å²) in [4.78, 5) is 0. The van der Waals surface area contributed by atoms with Crippen molar-refractivity contribution in [1.29, 1.82) is 0 Å². The Morgan fingerprint density at radius 1 is 0.889 bits per heavy atom. The van der Waals surface area contributed by atoms with Crippen LogP contribution in [0.2, 0.25) is 0 Å². The lowest BCUT2D eigenvalue weighted by molar-refractivity contribution is -0.390. The molecule has 7 atom stereocenters. The van der Waals surface area contributed by atoms with E-state index in [1.807, 2.05) is 36.4 Å². The van der Waals surface area contributed by atoms with Gasteiger partial charge in [-0.1, -0.05) is 62.7 Å². The molecule has 7 nitrogen and oxygen atoms in total. The lowest BCUT2D eigenvalue weighted by Crippen LogP contribution is -2.61. The molecule has 0 aliphatic carbocycles. The smallest absolute Gasteiger partial charge is 0.184 e. The molecule has 0 saturated carbocycles. The predicted molar refractivity (Wildman–Crippen MR) is 136 cm³/mol. The molecule has 2 fully saturated rings. The summed E-state index contributed by atoms with van der Waals surface area (Å²) in [5.74, 6) is 0.780. The molecule has 3 unspecified atom stereocenters. The van der Waals surface area contributed by atoms with Crippen LogP contribution in [0.25, 0.3) is 0 Å². The van der Waals surface area contributed by atoms with E-state index >= 15 is 0 Å². The van der Waals surface area contributed by atoms with Gasteiger partial charge in [0.1, 0.15) is 30.2 Å². The highest BCUT2D eigenvalue weighted by Gasteiger charge is 2.51. The standard InChI is InChI=1S/C29H38O7/c1-4-7-19-9-11-20(12-10-19)29-34-25(23(31)18-30)27-26(35-29)24(8-5-2)33-28(36-27)21-13-15-22(16-14-21)32-17-6-3/h5,9-16,23-31H,2,4,6-8,17-18H2,1,3H3/t23-,24?,25-,26+,27+,28?,29?/m1/s1. The molecule has 0 amide bonds. The third-order valence-electron chi connectivity index (χ3n) is 6.54. The van der Waals surface area contributed by atoms with Crippen LogP contribution in [0.5, 0.6) is 5.75 Å². The monoisotopic (exact) mass is 498 g/mol. The first-order valence-corrected chi connectivity index (χ1v) is 12.9. The summed E-state index contributed by atoms with van der Waals surface area (Å²) < 4.78 is 30.9. The summed E-state index contributed by atoms with van der Waals surface area (Å²) in [7, 11) is 0. The third-order valence-corrected chi connectivity index (χ3v) is 6.54. The SMILES string of the molecule is C=CCC1OC(c2ccc(OCCC)cc2)O[C@H]2[C@@H]([C@H](O)CO)OC(c3ccc(CCC)cc3)O[C@@H]12. The molecule has 2 aromatic carbocycles. The van der Waals surface area contributed by atoms with Crippen molar-refractivity contribution in [3.8, 4) is 5.75 Å². The summed E-state index contributed by atoms with van der Waals surface area (Å²) in [6.07, 6.45) is 0.408. The van der Waals surface area contributed by atoms with Gasteiger partial charge in [-0.3, -0.25) is 0 Å². The first kappa shape index (κ1) is 26.8. The van der Waals surface area contributed by atoms with Crippen LogP contribution in [0.15, 0.2) is 61.2 Å². The summed E-state index contributed by atoms with van der Waals surface area (Å²) in [6, 6.07) is 15.7. The maximum absolute atomic E-state index is 10.7. The van der Waals surface area contributed by atoms with Crippen molar-refractivity contribution in [3.63, 3.8) is 0 Å². The highest BCUT2D eigenvalue weighted by Crippen LogP contribution is 2.42. The molecule has 7 heteroatoms. The van der Waals surface area contributed by atoms with Gasteiger partial charge >= 0.3 is 0 Å². The second-order valence-corrected chi connectivity index (χ2v) is 9.32. The van der Waals surface area contributed by atoms with Gasteiger partial charge in [0.15, 0.2) is 12.6 Å². The number of fused-ring (bicyclic) bond motifs is 1. The number of ether oxygens (including phenoxy) is 5. The fourth-order valence-electron chi connectivity index (χ4n) is 4.68. The van der Waals surface area contributed by atoms with Gasteiger partial charge in [0, 0.05) is 11.1 Å². The number of aryl methyl sites for hydroxylation is 1. The molecule has 196 valence electrons. The largest absolute Gasteiger partial charge is 0.494 e. The van der Waals surface area contributed by atoms with E-state index in [0.29, 0.717) is 13.0 Å². The summed E-state index contributed by atoms with van der Waals surface area (Å²) >= 11 is 0. The molecule has 0 spiro atoms. The Morgan fingerprint density at radius 3 is 2.14 bits per heavy atom. The van der Waals surface area contributed by atoms with E-state index in [0.717, 1.165) is 36.1 Å². The van der Waals surface area contributed by atoms with Crippen LogP contribution in [0.1, 0.15) is 62.4 Å². The average molecular weight is 499 g/mol. The van der Waals surface area contributed by atoms with Gasteiger partial charge in [-0.2, -0.15) is 0 Å². The normalized spacial score (nSPS) is 28.8. The van der Waals surface area contributed by atoms with Crippen molar-refractivity contribution in [1.82, 2.24) is 0 Å². The molecular formula is C29H38O7. The Balaban J connectivity index is 1.57. The molecule has 2 aromatic rings. The molecule has 2 aliphatic rings. The minimum Gasteiger partial charge on any atom is -0.494 e. The summed E-state index contributed by atoms with van der Waals surface area (Å²) in [6.45, 7) is 8.29. The highest BCUT2D eigenvalue weighted by atomic mass is 16.8. The van der Waals surface area contributed by atoms with Crippen LogP contribution in [0.4, 0.5) is 0 Å². The van der Waals surface area contributed by atoms with Gasteiger partial charge in [0.25, 0.3) is 0 Å². The van der Waals surface area contributed by atoms with E-state index in [1.54, 1.807) is 6.08 Å². The maximum Gasteiger partial charge on any atom is 0.184 e. The molecule has 2 heterocycles. The molecule has 0 aromatic heterocycles. The molecule has 2 aliphatic heterocycles. The van der Waals surface area contributed by atoms with Crippen molar-refractivity contribution in [2.45, 2.75) is 82.6 Å². The number of hydrogen-bond donors (Lipinski definition) is 2. The van der Waals surface area contributed by atoms with Crippen molar-refractivity contribution in [3.05, 3.63) is 77.9 Å². The van der Waals surface area contributed by atoms with Gasteiger partial charge in [-0.15, -0.1) is 6.58 Å². The molecule has 2 saturated heterocycles.